The summed E-state index contributed by atoms with van der Waals surface area (Å²) in [5, 5.41) is 9.62. The van der Waals surface area contributed by atoms with Crippen LogP contribution in [0, 0.1) is 11.3 Å². The number of likely N-dealkylation sites (tertiary alicyclic amines) is 1. The molecule has 1 aromatic rings. The zero-order chi connectivity index (χ0) is 15.6. The quantitative estimate of drug-likeness (QED) is 0.874. The largest absolute Gasteiger partial charge is 0.481 e. The van der Waals surface area contributed by atoms with Crippen LogP contribution in [0.15, 0.2) is 28.7 Å². The van der Waals surface area contributed by atoms with Crippen molar-refractivity contribution in [2.45, 2.75) is 39.7 Å². The van der Waals surface area contributed by atoms with Crippen LogP contribution in [0.25, 0.3) is 0 Å². The summed E-state index contributed by atoms with van der Waals surface area (Å²) < 4.78 is 1.09. The van der Waals surface area contributed by atoms with E-state index in [1.165, 1.54) is 5.56 Å². The van der Waals surface area contributed by atoms with Crippen molar-refractivity contribution in [3.8, 4) is 0 Å². The maximum atomic E-state index is 11.7. The molecule has 1 aliphatic heterocycles. The lowest BCUT2D eigenvalue weighted by molar-refractivity contribution is -0.151. The molecule has 21 heavy (non-hydrogen) atoms. The van der Waals surface area contributed by atoms with E-state index in [2.05, 4.69) is 52.0 Å². The molecule has 1 aromatic carbocycles. The molecular weight excluding hydrogens is 330 g/mol. The van der Waals surface area contributed by atoms with Crippen molar-refractivity contribution >= 4 is 21.9 Å². The number of hydrogen-bond acceptors (Lipinski definition) is 2. The Kier molecular flexibility index (Phi) is 5.10. The predicted octanol–water partition coefficient (Wildman–Crippen LogP) is 3.81. The van der Waals surface area contributed by atoms with Gasteiger partial charge >= 0.3 is 5.97 Å². The first-order valence-electron chi connectivity index (χ1n) is 7.57. The lowest BCUT2D eigenvalue weighted by Crippen LogP contribution is -2.41. The Balaban J connectivity index is 2.03. The molecule has 1 saturated heterocycles. The molecule has 2 unspecified atom stereocenters. The minimum Gasteiger partial charge on any atom is -0.481 e. The smallest absolute Gasteiger partial charge is 0.311 e. The first-order chi connectivity index (χ1) is 9.85. The van der Waals surface area contributed by atoms with E-state index in [4.69, 9.17) is 0 Å². The molecule has 1 heterocycles. The number of halogens is 1. The normalized spacial score (nSPS) is 24.4. The molecular formula is C17H24BrNO2. The Bertz CT molecular complexity index is 500. The molecule has 1 aliphatic rings. The van der Waals surface area contributed by atoms with Crippen molar-refractivity contribution in [2.24, 2.45) is 11.3 Å². The molecule has 0 amide bonds. The van der Waals surface area contributed by atoms with Crippen LogP contribution in [0.5, 0.6) is 0 Å². The van der Waals surface area contributed by atoms with Gasteiger partial charge in [-0.3, -0.25) is 9.69 Å². The number of aliphatic carboxylic acids is 1. The van der Waals surface area contributed by atoms with Crippen molar-refractivity contribution in [1.29, 1.82) is 0 Å². The van der Waals surface area contributed by atoms with Crippen molar-refractivity contribution in [2.75, 3.05) is 13.1 Å². The minimum atomic E-state index is -0.643. The Labute approximate surface area is 135 Å². The van der Waals surface area contributed by atoms with Gasteiger partial charge in [0.25, 0.3) is 0 Å². The second-order valence-electron chi connectivity index (χ2n) is 6.52. The molecule has 0 aromatic heterocycles. The van der Waals surface area contributed by atoms with Crippen LogP contribution in [0.3, 0.4) is 0 Å². The van der Waals surface area contributed by atoms with Gasteiger partial charge in [0.1, 0.15) is 0 Å². The standard InChI is InChI=1S/C17H24BrNO2/c1-12(2)17(16(20)21)8-9-19(11-17)13(3)10-14-4-6-15(18)7-5-14/h4-7,12-13H,8-11H2,1-3H3,(H,20,21). The summed E-state index contributed by atoms with van der Waals surface area (Å²) in [5.41, 5.74) is 0.719. The number of benzene rings is 1. The highest BCUT2D eigenvalue weighted by atomic mass is 79.9. The number of carboxylic acid groups (broad SMARTS) is 1. The third kappa shape index (κ3) is 3.49. The first-order valence-corrected chi connectivity index (χ1v) is 8.36. The number of carboxylic acids is 1. The first kappa shape index (κ1) is 16.5. The highest BCUT2D eigenvalue weighted by Crippen LogP contribution is 2.39. The van der Waals surface area contributed by atoms with Crippen molar-refractivity contribution in [3.05, 3.63) is 34.3 Å². The summed E-state index contributed by atoms with van der Waals surface area (Å²) in [6, 6.07) is 8.74. The Morgan fingerprint density at radius 3 is 2.43 bits per heavy atom. The molecule has 1 fully saturated rings. The third-order valence-corrected chi connectivity index (χ3v) is 5.46. The highest BCUT2D eigenvalue weighted by Gasteiger charge is 2.47. The van der Waals surface area contributed by atoms with Crippen LogP contribution in [-0.2, 0) is 11.2 Å². The number of rotatable bonds is 5. The molecule has 3 nitrogen and oxygen atoms in total. The average molecular weight is 354 g/mol. The fourth-order valence-corrected chi connectivity index (χ4v) is 3.49. The van der Waals surface area contributed by atoms with E-state index in [0.717, 1.165) is 23.9 Å². The van der Waals surface area contributed by atoms with Crippen molar-refractivity contribution < 1.29 is 9.90 Å². The molecule has 0 aliphatic carbocycles. The van der Waals surface area contributed by atoms with Gasteiger partial charge in [0.2, 0.25) is 0 Å². The van der Waals surface area contributed by atoms with Gasteiger partial charge in [-0.15, -0.1) is 0 Å². The minimum absolute atomic E-state index is 0.167. The molecule has 116 valence electrons. The predicted molar refractivity (Wildman–Crippen MR) is 88.4 cm³/mol. The summed E-state index contributed by atoms with van der Waals surface area (Å²) in [4.78, 5) is 14.0. The highest BCUT2D eigenvalue weighted by molar-refractivity contribution is 9.10. The molecule has 0 bridgehead atoms. The fourth-order valence-electron chi connectivity index (χ4n) is 3.22. The van der Waals surface area contributed by atoms with E-state index in [1.54, 1.807) is 0 Å². The molecule has 0 saturated carbocycles. The summed E-state index contributed by atoms with van der Waals surface area (Å²) in [5.74, 6) is -0.476. The van der Waals surface area contributed by atoms with E-state index in [-0.39, 0.29) is 5.92 Å². The van der Waals surface area contributed by atoms with Crippen LogP contribution in [0.2, 0.25) is 0 Å². The van der Waals surface area contributed by atoms with Gasteiger partial charge in [-0.1, -0.05) is 41.9 Å². The van der Waals surface area contributed by atoms with Gasteiger partial charge in [-0.05, 0) is 49.9 Å². The summed E-state index contributed by atoms with van der Waals surface area (Å²) >= 11 is 3.45. The molecule has 0 spiro atoms. The number of carbonyl (C=O) groups is 1. The van der Waals surface area contributed by atoms with E-state index < -0.39 is 11.4 Å². The van der Waals surface area contributed by atoms with E-state index >= 15 is 0 Å². The molecule has 2 atom stereocenters. The lowest BCUT2D eigenvalue weighted by atomic mass is 9.76. The van der Waals surface area contributed by atoms with Gasteiger partial charge in [0, 0.05) is 17.1 Å². The van der Waals surface area contributed by atoms with E-state index in [1.807, 2.05) is 13.8 Å². The Morgan fingerprint density at radius 1 is 1.33 bits per heavy atom. The molecule has 2 rings (SSSR count). The zero-order valence-electron chi connectivity index (χ0n) is 13.0. The zero-order valence-corrected chi connectivity index (χ0v) is 14.6. The van der Waals surface area contributed by atoms with Crippen molar-refractivity contribution in [1.82, 2.24) is 4.90 Å². The number of hydrogen-bond donors (Lipinski definition) is 1. The molecule has 0 radical (unpaired) electrons. The van der Waals surface area contributed by atoms with Crippen LogP contribution in [0.4, 0.5) is 0 Å². The summed E-state index contributed by atoms with van der Waals surface area (Å²) in [6.07, 6.45) is 1.71. The average Bonchev–Trinajstić information content (AvgIpc) is 2.88. The monoisotopic (exact) mass is 353 g/mol. The van der Waals surface area contributed by atoms with E-state index in [0.29, 0.717) is 12.6 Å². The van der Waals surface area contributed by atoms with Crippen LogP contribution >= 0.6 is 15.9 Å². The van der Waals surface area contributed by atoms with Gasteiger partial charge < -0.3 is 5.11 Å². The summed E-state index contributed by atoms with van der Waals surface area (Å²) in [7, 11) is 0. The maximum absolute atomic E-state index is 11.7. The van der Waals surface area contributed by atoms with Gasteiger partial charge in [-0.2, -0.15) is 0 Å². The van der Waals surface area contributed by atoms with Crippen LogP contribution in [0.1, 0.15) is 32.8 Å². The molecule has 1 N–H and O–H groups in total. The lowest BCUT2D eigenvalue weighted by Gasteiger charge is -2.31. The Hall–Kier alpha value is -0.870. The second kappa shape index (κ2) is 6.49. The van der Waals surface area contributed by atoms with E-state index in [9.17, 15) is 9.90 Å². The van der Waals surface area contributed by atoms with Crippen molar-refractivity contribution in [3.63, 3.8) is 0 Å². The fraction of sp³-hybridized carbons (Fsp3) is 0.588. The molecule has 4 heteroatoms. The Morgan fingerprint density at radius 2 is 1.95 bits per heavy atom. The number of nitrogens with zero attached hydrogens (tertiary/aromatic N) is 1. The van der Waals surface area contributed by atoms with Gasteiger partial charge in [0.05, 0.1) is 5.41 Å². The summed E-state index contributed by atoms with van der Waals surface area (Å²) in [6.45, 7) is 7.79. The third-order valence-electron chi connectivity index (χ3n) is 4.93. The maximum Gasteiger partial charge on any atom is 0.311 e. The van der Waals surface area contributed by atoms with Crippen LogP contribution < -0.4 is 0 Å². The van der Waals surface area contributed by atoms with Gasteiger partial charge in [0.15, 0.2) is 0 Å². The SMILES string of the molecule is CC(Cc1ccc(Br)cc1)N1CCC(C(=O)O)(C(C)C)C1. The van der Waals surface area contributed by atoms with Crippen LogP contribution in [-0.4, -0.2) is 35.1 Å². The topological polar surface area (TPSA) is 40.5 Å². The van der Waals surface area contributed by atoms with Gasteiger partial charge in [-0.25, -0.2) is 0 Å². The second-order valence-corrected chi connectivity index (χ2v) is 7.43.